The minimum Gasteiger partial charge on any atom is -0.497 e. The summed E-state index contributed by atoms with van der Waals surface area (Å²) >= 11 is 6.07. The van der Waals surface area contributed by atoms with E-state index in [1.54, 1.807) is 37.4 Å². The largest absolute Gasteiger partial charge is 0.497 e. The first-order valence-electron chi connectivity index (χ1n) is 8.11. The van der Waals surface area contributed by atoms with Gasteiger partial charge in [0, 0.05) is 17.6 Å². The Morgan fingerprint density at radius 3 is 2.30 bits per heavy atom. The van der Waals surface area contributed by atoms with Crippen LogP contribution >= 0.6 is 11.6 Å². The second kappa shape index (κ2) is 8.42. The first-order valence-corrected chi connectivity index (χ1v) is 8.49. The van der Waals surface area contributed by atoms with Crippen LogP contribution in [-0.2, 0) is 0 Å². The number of hydrogen-bond donors (Lipinski definition) is 2. The van der Waals surface area contributed by atoms with Gasteiger partial charge in [0.05, 0.1) is 24.8 Å². The number of hydrogen-bond acceptors (Lipinski definition) is 5. The third kappa shape index (κ3) is 4.68. The summed E-state index contributed by atoms with van der Waals surface area (Å²) in [6.07, 6.45) is 1.51. The number of nitrogens with zero attached hydrogens (tertiary/aromatic N) is 1. The normalized spacial score (nSPS) is 10.2. The topological polar surface area (TPSA) is 72.5 Å². The van der Waals surface area contributed by atoms with Crippen LogP contribution < -0.4 is 20.1 Å². The van der Waals surface area contributed by atoms with Crippen molar-refractivity contribution >= 4 is 34.7 Å². The quantitative estimate of drug-likeness (QED) is 0.642. The highest BCUT2D eigenvalue weighted by Gasteiger charge is 2.09. The Morgan fingerprint density at radius 1 is 0.963 bits per heavy atom. The zero-order chi connectivity index (χ0) is 19.2. The lowest BCUT2D eigenvalue weighted by Crippen LogP contribution is -2.12. The zero-order valence-corrected chi connectivity index (χ0v) is 15.6. The number of rotatable bonds is 6. The number of anilines is 3. The number of carbonyl (C=O) groups excluding carboxylic acids is 1. The van der Waals surface area contributed by atoms with Crippen molar-refractivity contribution in [2.45, 2.75) is 0 Å². The maximum Gasteiger partial charge on any atom is 0.257 e. The molecule has 2 N–H and O–H groups in total. The van der Waals surface area contributed by atoms with E-state index in [0.29, 0.717) is 27.8 Å². The van der Waals surface area contributed by atoms with Gasteiger partial charge in [-0.3, -0.25) is 4.79 Å². The lowest BCUT2D eigenvalue weighted by Gasteiger charge is -2.09. The molecule has 0 bridgehead atoms. The van der Waals surface area contributed by atoms with Crippen molar-refractivity contribution in [3.05, 3.63) is 71.4 Å². The predicted molar refractivity (Wildman–Crippen MR) is 106 cm³/mol. The summed E-state index contributed by atoms with van der Waals surface area (Å²) in [5.41, 5.74) is 1.88. The summed E-state index contributed by atoms with van der Waals surface area (Å²) < 4.78 is 10.2. The molecule has 0 fully saturated rings. The maximum atomic E-state index is 12.4. The molecule has 0 aliphatic carbocycles. The van der Waals surface area contributed by atoms with E-state index >= 15 is 0 Å². The molecule has 0 aliphatic heterocycles. The Balaban J connectivity index is 1.65. The van der Waals surface area contributed by atoms with E-state index in [1.165, 1.54) is 13.3 Å². The first kappa shape index (κ1) is 18.5. The minimum atomic E-state index is -0.278. The number of halogens is 1. The Hall–Kier alpha value is -3.25. The molecule has 3 rings (SSSR count). The Bertz CT molecular complexity index is 928. The molecule has 7 heteroatoms. The molecule has 1 aromatic heterocycles. The summed E-state index contributed by atoms with van der Waals surface area (Å²) in [4.78, 5) is 16.6. The van der Waals surface area contributed by atoms with Crippen molar-refractivity contribution in [3.63, 3.8) is 0 Å². The fraction of sp³-hybridized carbons (Fsp3) is 0.100. The number of ether oxygens (including phenoxy) is 2. The molecule has 0 radical (unpaired) electrons. The molecular weight excluding hydrogens is 366 g/mol. The van der Waals surface area contributed by atoms with Gasteiger partial charge in [0.25, 0.3) is 5.91 Å². The number of carbonyl (C=O) groups is 1. The summed E-state index contributed by atoms with van der Waals surface area (Å²) in [6.45, 7) is 0. The molecule has 0 atom stereocenters. The van der Waals surface area contributed by atoms with Crippen LogP contribution in [0.15, 0.2) is 60.8 Å². The van der Waals surface area contributed by atoms with Crippen LogP contribution in [0.4, 0.5) is 17.2 Å². The average molecular weight is 384 g/mol. The highest BCUT2D eigenvalue weighted by Crippen LogP contribution is 2.27. The van der Waals surface area contributed by atoms with Crippen LogP contribution in [0.2, 0.25) is 5.02 Å². The second-order valence-electron chi connectivity index (χ2n) is 5.59. The fourth-order valence-corrected chi connectivity index (χ4v) is 2.63. The van der Waals surface area contributed by atoms with Gasteiger partial charge in [0.2, 0.25) is 0 Å². The summed E-state index contributed by atoms with van der Waals surface area (Å²) in [7, 11) is 3.15. The number of pyridine rings is 1. The molecule has 1 amide bonds. The lowest BCUT2D eigenvalue weighted by atomic mass is 10.2. The third-order valence-corrected chi connectivity index (χ3v) is 4.09. The van der Waals surface area contributed by atoms with Gasteiger partial charge in [-0.05, 0) is 54.6 Å². The molecule has 2 aromatic carbocycles. The smallest absolute Gasteiger partial charge is 0.257 e. The lowest BCUT2D eigenvalue weighted by molar-refractivity contribution is 0.102. The Labute approximate surface area is 162 Å². The van der Waals surface area contributed by atoms with E-state index in [1.807, 2.05) is 24.3 Å². The van der Waals surface area contributed by atoms with E-state index in [-0.39, 0.29) is 5.91 Å². The number of amides is 1. The Morgan fingerprint density at radius 2 is 1.70 bits per heavy atom. The van der Waals surface area contributed by atoms with E-state index in [0.717, 1.165) is 11.4 Å². The fourth-order valence-electron chi connectivity index (χ4n) is 2.37. The maximum absolute atomic E-state index is 12.4. The average Bonchev–Trinajstić information content (AvgIpc) is 2.69. The zero-order valence-electron chi connectivity index (χ0n) is 14.8. The van der Waals surface area contributed by atoms with E-state index in [9.17, 15) is 4.79 Å². The van der Waals surface area contributed by atoms with Crippen LogP contribution in [0.1, 0.15) is 10.4 Å². The number of nitrogens with one attached hydrogen (secondary N) is 2. The Kier molecular flexibility index (Phi) is 5.78. The molecule has 1 heterocycles. The van der Waals surface area contributed by atoms with Crippen LogP contribution in [0.3, 0.4) is 0 Å². The molecule has 6 nitrogen and oxygen atoms in total. The molecule has 27 heavy (non-hydrogen) atoms. The highest BCUT2D eigenvalue weighted by molar-refractivity contribution is 6.32. The third-order valence-electron chi connectivity index (χ3n) is 3.80. The van der Waals surface area contributed by atoms with E-state index in [2.05, 4.69) is 15.6 Å². The second-order valence-corrected chi connectivity index (χ2v) is 6.00. The van der Waals surface area contributed by atoms with Gasteiger partial charge in [-0.25, -0.2) is 4.98 Å². The SMILES string of the molecule is COc1ccc(Nc2ccc(C(=O)Nc3ccc(OC)c(Cl)c3)cn2)cc1. The van der Waals surface area contributed by atoms with Crippen molar-refractivity contribution in [2.24, 2.45) is 0 Å². The first-order chi connectivity index (χ1) is 13.1. The minimum absolute atomic E-state index is 0.278. The summed E-state index contributed by atoms with van der Waals surface area (Å²) in [5.74, 6) is 1.67. The number of aromatic nitrogens is 1. The standard InChI is InChI=1S/C20H18ClN3O3/c1-26-16-7-4-14(5-8-16)23-19-10-3-13(12-22-19)20(25)24-15-6-9-18(27-2)17(21)11-15/h3-12H,1-2H3,(H,22,23)(H,24,25). The summed E-state index contributed by atoms with van der Waals surface area (Å²) in [5, 5.41) is 6.36. The molecule has 0 saturated carbocycles. The van der Waals surface area contributed by atoms with E-state index < -0.39 is 0 Å². The number of benzene rings is 2. The van der Waals surface area contributed by atoms with Crippen molar-refractivity contribution in [3.8, 4) is 11.5 Å². The molecule has 3 aromatic rings. The van der Waals surface area contributed by atoms with Gasteiger partial charge in [0.1, 0.15) is 17.3 Å². The molecule has 0 spiro atoms. The van der Waals surface area contributed by atoms with Crippen molar-refractivity contribution in [1.82, 2.24) is 4.98 Å². The van der Waals surface area contributed by atoms with Crippen LogP contribution in [0, 0.1) is 0 Å². The van der Waals surface area contributed by atoms with Gasteiger partial charge >= 0.3 is 0 Å². The van der Waals surface area contributed by atoms with Crippen molar-refractivity contribution < 1.29 is 14.3 Å². The predicted octanol–water partition coefficient (Wildman–Crippen LogP) is 4.75. The van der Waals surface area contributed by atoms with Gasteiger partial charge in [0.15, 0.2) is 0 Å². The molecule has 138 valence electrons. The van der Waals surface area contributed by atoms with Crippen LogP contribution in [0.5, 0.6) is 11.5 Å². The van der Waals surface area contributed by atoms with Gasteiger partial charge in [-0.2, -0.15) is 0 Å². The molecular formula is C20H18ClN3O3. The molecule has 0 saturated heterocycles. The van der Waals surface area contributed by atoms with Gasteiger partial charge in [-0.15, -0.1) is 0 Å². The van der Waals surface area contributed by atoms with Crippen molar-refractivity contribution in [2.75, 3.05) is 24.9 Å². The van der Waals surface area contributed by atoms with E-state index in [4.69, 9.17) is 21.1 Å². The highest BCUT2D eigenvalue weighted by atomic mass is 35.5. The monoisotopic (exact) mass is 383 g/mol. The summed E-state index contributed by atoms with van der Waals surface area (Å²) in [6, 6.07) is 15.9. The molecule has 0 aliphatic rings. The van der Waals surface area contributed by atoms with Crippen LogP contribution in [0.25, 0.3) is 0 Å². The van der Waals surface area contributed by atoms with Crippen LogP contribution in [-0.4, -0.2) is 25.1 Å². The number of methoxy groups -OCH3 is 2. The van der Waals surface area contributed by atoms with Gasteiger partial charge < -0.3 is 20.1 Å². The van der Waals surface area contributed by atoms with Gasteiger partial charge in [-0.1, -0.05) is 11.6 Å². The molecule has 0 unspecified atom stereocenters. The van der Waals surface area contributed by atoms with Crippen molar-refractivity contribution in [1.29, 1.82) is 0 Å².